The Kier molecular flexibility index (Phi) is 6.01. The fourth-order valence-electron chi connectivity index (χ4n) is 3.32. The van der Waals surface area contributed by atoms with Crippen LogP contribution >= 0.6 is 11.6 Å². The molecule has 1 aliphatic rings. The summed E-state index contributed by atoms with van der Waals surface area (Å²) >= 11 is 5.97. The lowest BCUT2D eigenvalue weighted by Crippen LogP contribution is -3.12. The Labute approximate surface area is 158 Å². The van der Waals surface area contributed by atoms with E-state index in [4.69, 9.17) is 21.1 Å². The van der Waals surface area contributed by atoms with Gasteiger partial charge < -0.3 is 19.7 Å². The summed E-state index contributed by atoms with van der Waals surface area (Å²) in [5, 5.41) is 3.66. The Morgan fingerprint density at radius 2 is 1.88 bits per heavy atom. The van der Waals surface area contributed by atoms with Crippen LogP contribution in [-0.2, 0) is 24.3 Å². The Hall–Kier alpha value is -2.24. The first-order chi connectivity index (χ1) is 12.6. The maximum atomic E-state index is 12.3. The Balaban J connectivity index is 1.57. The van der Waals surface area contributed by atoms with Gasteiger partial charge >= 0.3 is 0 Å². The normalized spacial score (nSPS) is 15.9. The zero-order valence-corrected chi connectivity index (χ0v) is 15.9. The third-order valence-corrected chi connectivity index (χ3v) is 4.92. The number of quaternary nitrogens is 1. The van der Waals surface area contributed by atoms with Crippen molar-refractivity contribution in [3.63, 3.8) is 0 Å². The van der Waals surface area contributed by atoms with Crippen LogP contribution in [-0.4, -0.2) is 33.2 Å². The third kappa shape index (κ3) is 4.48. The molecule has 1 heterocycles. The number of benzene rings is 2. The Morgan fingerprint density at radius 3 is 2.58 bits per heavy atom. The van der Waals surface area contributed by atoms with Crippen LogP contribution in [0.15, 0.2) is 36.4 Å². The topological polar surface area (TPSA) is 52.0 Å². The minimum atomic E-state index is 0.0453. The fraction of sp³-hybridized carbons (Fsp3) is 0.350. The smallest absolute Gasteiger partial charge is 0.275 e. The van der Waals surface area contributed by atoms with Crippen molar-refractivity contribution in [3.8, 4) is 11.5 Å². The predicted octanol–water partition coefficient (Wildman–Crippen LogP) is 1.61. The second kappa shape index (κ2) is 8.43. The van der Waals surface area contributed by atoms with Gasteiger partial charge in [-0.15, -0.1) is 0 Å². The summed E-state index contributed by atoms with van der Waals surface area (Å²) < 4.78 is 10.8. The van der Waals surface area contributed by atoms with Crippen LogP contribution in [0.3, 0.4) is 0 Å². The molecule has 0 saturated heterocycles. The SMILES string of the molecule is COc1cc2c(cc1OC)C[NH+](CC(=O)NCc1cccc(Cl)c1)CC2. The van der Waals surface area contributed by atoms with Crippen LogP contribution in [0.25, 0.3) is 0 Å². The molecule has 0 aromatic heterocycles. The van der Waals surface area contributed by atoms with Crippen molar-refractivity contribution in [1.82, 2.24) is 5.32 Å². The van der Waals surface area contributed by atoms with Crippen LogP contribution in [0.1, 0.15) is 16.7 Å². The summed E-state index contributed by atoms with van der Waals surface area (Å²) in [5.41, 5.74) is 3.49. The molecule has 2 N–H and O–H groups in total. The van der Waals surface area contributed by atoms with Crippen molar-refractivity contribution in [3.05, 3.63) is 58.1 Å². The molecule has 0 spiro atoms. The van der Waals surface area contributed by atoms with Crippen LogP contribution in [0.2, 0.25) is 5.02 Å². The highest BCUT2D eigenvalue weighted by molar-refractivity contribution is 6.30. The van der Waals surface area contributed by atoms with Gasteiger partial charge in [-0.1, -0.05) is 23.7 Å². The number of amides is 1. The highest BCUT2D eigenvalue weighted by Gasteiger charge is 2.23. The minimum absolute atomic E-state index is 0.0453. The molecule has 0 radical (unpaired) electrons. The second-order valence-corrected chi connectivity index (χ2v) is 6.92. The molecule has 3 rings (SSSR count). The molecule has 0 aliphatic carbocycles. The molecule has 138 valence electrons. The predicted molar refractivity (Wildman–Crippen MR) is 101 cm³/mol. The summed E-state index contributed by atoms with van der Waals surface area (Å²) in [6.45, 7) is 2.68. The van der Waals surface area contributed by atoms with Crippen molar-refractivity contribution in [2.24, 2.45) is 0 Å². The van der Waals surface area contributed by atoms with Crippen molar-refractivity contribution >= 4 is 17.5 Å². The number of ether oxygens (including phenoxy) is 2. The molecular formula is C20H24ClN2O3+. The Bertz CT molecular complexity index is 795. The minimum Gasteiger partial charge on any atom is -0.493 e. The first-order valence-electron chi connectivity index (χ1n) is 8.67. The number of fused-ring (bicyclic) bond motifs is 1. The second-order valence-electron chi connectivity index (χ2n) is 6.49. The Morgan fingerprint density at radius 1 is 1.15 bits per heavy atom. The van der Waals surface area contributed by atoms with Crippen LogP contribution < -0.4 is 19.7 Å². The number of methoxy groups -OCH3 is 2. The number of hydrogen-bond acceptors (Lipinski definition) is 3. The summed E-state index contributed by atoms with van der Waals surface area (Å²) in [5.74, 6) is 1.54. The number of hydrogen-bond donors (Lipinski definition) is 2. The van der Waals surface area contributed by atoms with Gasteiger partial charge in [0.15, 0.2) is 18.0 Å². The zero-order chi connectivity index (χ0) is 18.5. The molecular weight excluding hydrogens is 352 g/mol. The van der Waals surface area contributed by atoms with Crippen LogP contribution in [0, 0.1) is 0 Å². The number of carbonyl (C=O) groups excluding carboxylic acids is 1. The van der Waals surface area contributed by atoms with E-state index in [1.807, 2.05) is 36.4 Å². The summed E-state index contributed by atoms with van der Waals surface area (Å²) in [6, 6.07) is 11.6. The molecule has 1 amide bonds. The molecule has 6 heteroatoms. The van der Waals surface area contributed by atoms with Gasteiger partial charge in [0.25, 0.3) is 5.91 Å². The first-order valence-corrected chi connectivity index (χ1v) is 9.05. The number of nitrogens with one attached hydrogen (secondary N) is 2. The van der Waals surface area contributed by atoms with Crippen molar-refractivity contribution in [2.75, 3.05) is 27.3 Å². The standard InChI is InChI=1S/C20H23ClN2O3/c1-25-18-9-15-6-7-23(12-16(15)10-19(18)26-2)13-20(24)22-11-14-4-3-5-17(21)8-14/h3-5,8-10H,6-7,11-13H2,1-2H3,(H,22,24)/p+1. The first kappa shape index (κ1) is 18.5. The number of rotatable bonds is 6. The molecule has 2 aromatic carbocycles. The van der Waals surface area contributed by atoms with Crippen LogP contribution in [0.5, 0.6) is 11.5 Å². The molecule has 5 nitrogen and oxygen atoms in total. The van der Waals surface area contributed by atoms with E-state index in [9.17, 15) is 4.79 Å². The van der Waals surface area contributed by atoms with E-state index >= 15 is 0 Å². The van der Waals surface area contributed by atoms with Gasteiger partial charge in [0.05, 0.1) is 20.8 Å². The van der Waals surface area contributed by atoms with Gasteiger partial charge in [-0.05, 0) is 35.4 Å². The molecule has 0 saturated carbocycles. The van der Waals surface area contributed by atoms with Crippen LogP contribution in [0.4, 0.5) is 0 Å². The van der Waals surface area contributed by atoms with Gasteiger partial charge in [0.1, 0.15) is 6.54 Å². The van der Waals surface area contributed by atoms with Gasteiger partial charge in [0, 0.05) is 23.6 Å². The van der Waals surface area contributed by atoms with Gasteiger partial charge in [0.2, 0.25) is 0 Å². The lowest BCUT2D eigenvalue weighted by molar-refractivity contribution is -0.908. The number of carbonyl (C=O) groups is 1. The maximum Gasteiger partial charge on any atom is 0.275 e. The van der Waals surface area contributed by atoms with E-state index < -0.39 is 0 Å². The van der Waals surface area contributed by atoms with E-state index in [1.165, 1.54) is 16.0 Å². The average Bonchev–Trinajstić information content (AvgIpc) is 2.65. The van der Waals surface area contributed by atoms with Crippen molar-refractivity contribution in [1.29, 1.82) is 0 Å². The monoisotopic (exact) mass is 375 g/mol. The van der Waals surface area contributed by atoms with E-state index in [1.54, 1.807) is 14.2 Å². The fourth-order valence-corrected chi connectivity index (χ4v) is 3.53. The summed E-state index contributed by atoms with van der Waals surface area (Å²) in [4.78, 5) is 13.5. The molecule has 1 aliphatic heterocycles. The third-order valence-electron chi connectivity index (χ3n) is 4.68. The molecule has 2 aromatic rings. The lowest BCUT2D eigenvalue weighted by Gasteiger charge is -2.26. The van der Waals surface area contributed by atoms with Gasteiger partial charge in [-0.3, -0.25) is 4.79 Å². The maximum absolute atomic E-state index is 12.3. The molecule has 1 unspecified atom stereocenters. The highest BCUT2D eigenvalue weighted by Crippen LogP contribution is 2.31. The molecule has 26 heavy (non-hydrogen) atoms. The van der Waals surface area contributed by atoms with E-state index in [2.05, 4.69) is 5.32 Å². The van der Waals surface area contributed by atoms with Gasteiger partial charge in [-0.25, -0.2) is 0 Å². The van der Waals surface area contributed by atoms with Crippen molar-refractivity contribution in [2.45, 2.75) is 19.5 Å². The van der Waals surface area contributed by atoms with E-state index in [0.29, 0.717) is 18.1 Å². The highest BCUT2D eigenvalue weighted by atomic mass is 35.5. The molecule has 1 atom stereocenters. The molecule has 0 bridgehead atoms. The van der Waals surface area contributed by atoms with Gasteiger partial charge in [-0.2, -0.15) is 0 Å². The zero-order valence-electron chi connectivity index (χ0n) is 15.1. The average molecular weight is 376 g/mol. The largest absolute Gasteiger partial charge is 0.493 e. The quantitative estimate of drug-likeness (QED) is 0.806. The number of halogens is 1. The van der Waals surface area contributed by atoms with E-state index in [0.717, 1.165) is 36.6 Å². The van der Waals surface area contributed by atoms with Crippen molar-refractivity contribution < 1.29 is 19.2 Å². The lowest BCUT2D eigenvalue weighted by atomic mass is 9.99. The summed E-state index contributed by atoms with van der Waals surface area (Å²) in [7, 11) is 3.29. The summed E-state index contributed by atoms with van der Waals surface area (Å²) in [6.07, 6.45) is 0.923. The van der Waals surface area contributed by atoms with E-state index in [-0.39, 0.29) is 5.91 Å². The molecule has 0 fully saturated rings.